The summed E-state index contributed by atoms with van der Waals surface area (Å²) in [5.74, 6) is 0.407. The van der Waals surface area contributed by atoms with Crippen LogP contribution in [0.2, 0.25) is 0 Å². The normalized spacial score (nSPS) is 12.7. The van der Waals surface area contributed by atoms with Gasteiger partial charge in [0.15, 0.2) is 5.75 Å². The predicted molar refractivity (Wildman–Crippen MR) is 77.6 cm³/mol. The van der Waals surface area contributed by atoms with E-state index in [9.17, 15) is 4.79 Å². The molecule has 108 valence electrons. The minimum atomic E-state index is -0.101. The third-order valence-electron chi connectivity index (χ3n) is 2.95. The Labute approximate surface area is 115 Å². The summed E-state index contributed by atoms with van der Waals surface area (Å²) in [7, 11) is 4.03. The summed E-state index contributed by atoms with van der Waals surface area (Å²) in [4.78, 5) is 14.2. The van der Waals surface area contributed by atoms with Crippen LogP contribution in [0.5, 0.6) is 5.75 Å². The van der Waals surface area contributed by atoms with Crippen molar-refractivity contribution in [2.75, 3.05) is 27.2 Å². The van der Waals surface area contributed by atoms with Crippen LogP contribution < -0.4 is 16.0 Å². The highest BCUT2D eigenvalue weighted by molar-refractivity contribution is 5.17. The van der Waals surface area contributed by atoms with Crippen molar-refractivity contribution >= 4 is 0 Å². The maximum absolute atomic E-state index is 12.1. The lowest BCUT2D eigenvalue weighted by Crippen LogP contribution is -2.31. The van der Waals surface area contributed by atoms with Crippen LogP contribution in [-0.4, -0.2) is 42.8 Å². The van der Waals surface area contributed by atoms with E-state index >= 15 is 0 Å². The van der Waals surface area contributed by atoms with Gasteiger partial charge in [-0.15, -0.1) is 0 Å². The number of nitrogens with zero attached hydrogens (tertiary/aromatic N) is 2. The van der Waals surface area contributed by atoms with Gasteiger partial charge in [-0.25, -0.2) is 0 Å². The highest BCUT2D eigenvalue weighted by atomic mass is 16.5. The Morgan fingerprint density at radius 1 is 1.47 bits per heavy atom. The topological polar surface area (TPSA) is 60.5 Å². The number of hydrogen-bond acceptors (Lipinski definition) is 4. The lowest BCUT2D eigenvalue weighted by atomic mass is 10.2. The summed E-state index contributed by atoms with van der Waals surface area (Å²) in [5.41, 5.74) is 5.77. The van der Waals surface area contributed by atoms with Crippen LogP contribution in [0.1, 0.15) is 19.8 Å². The second-order valence-electron chi connectivity index (χ2n) is 5.00. The molecule has 1 unspecified atom stereocenters. The average molecular weight is 267 g/mol. The Hall–Kier alpha value is -1.33. The van der Waals surface area contributed by atoms with Gasteiger partial charge in [0.05, 0.1) is 6.61 Å². The van der Waals surface area contributed by atoms with Crippen LogP contribution in [0.4, 0.5) is 0 Å². The van der Waals surface area contributed by atoms with Crippen molar-refractivity contribution in [1.29, 1.82) is 0 Å². The van der Waals surface area contributed by atoms with Gasteiger partial charge in [0, 0.05) is 25.3 Å². The zero-order valence-corrected chi connectivity index (χ0v) is 12.1. The maximum atomic E-state index is 12.1. The molecule has 0 amide bonds. The number of nitrogens with two attached hydrogens (primary N) is 1. The van der Waals surface area contributed by atoms with E-state index in [1.165, 1.54) is 0 Å². The van der Waals surface area contributed by atoms with Gasteiger partial charge >= 0.3 is 0 Å². The van der Waals surface area contributed by atoms with Gasteiger partial charge in [-0.05, 0) is 39.1 Å². The van der Waals surface area contributed by atoms with Crippen molar-refractivity contribution in [1.82, 2.24) is 9.47 Å². The molecule has 5 heteroatoms. The fourth-order valence-corrected chi connectivity index (χ4v) is 1.71. The molecule has 0 fully saturated rings. The Bertz CT molecular complexity index is 429. The summed E-state index contributed by atoms with van der Waals surface area (Å²) < 4.78 is 7.16. The Balaban J connectivity index is 2.59. The third kappa shape index (κ3) is 5.44. The zero-order chi connectivity index (χ0) is 14.3. The molecule has 0 radical (unpaired) electrons. The van der Waals surface area contributed by atoms with Crippen molar-refractivity contribution < 1.29 is 4.74 Å². The second-order valence-corrected chi connectivity index (χ2v) is 5.00. The first kappa shape index (κ1) is 15.7. The molecule has 19 heavy (non-hydrogen) atoms. The summed E-state index contributed by atoms with van der Waals surface area (Å²) in [6, 6.07) is 3.54. The monoisotopic (exact) mass is 267 g/mol. The van der Waals surface area contributed by atoms with E-state index in [0.29, 0.717) is 18.9 Å². The second kappa shape index (κ2) is 7.96. The smallest absolute Gasteiger partial charge is 0.292 e. The molecule has 0 bridgehead atoms. The quantitative estimate of drug-likeness (QED) is 0.711. The molecule has 0 aliphatic carbocycles. The predicted octanol–water partition coefficient (Wildman–Crippen LogP) is 0.916. The van der Waals surface area contributed by atoms with Crippen LogP contribution >= 0.6 is 0 Å². The molecule has 0 aromatic carbocycles. The molecule has 2 N–H and O–H groups in total. The van der Waals surface area contributed by atoms with Crippen LogP contribution in [0, 0.1) is 0 Å². The standard InChI is InChI=1S/C14H25N3O2/c1-4-12(15)11-17-9-5-7-13(14(17)18)19-10-6-8-16(2)3/h5,7,9,12H,4,6,8,10-11,15H2,1-3H3. The molecule has 0 saturated heterocycles. The molecule has 0 aliphatic rings. The largest absolute Gasteiger partial charge is 0.488 e. The molecule has 1 atom stereocenters. The number of hydrogen-bond donors (Lipinski definition) is 1. The third-order valence-corrected chi connectivity index (χ3v) is 2.95. The minimum Gasteiger partial charge on any atom is -0.488 e. The van der Waals surface area contributed by atoms with E-state index in [4.69, 9.17) is 10.5 Å². The molecule has 1 aromatic rings. The SMILES string of the molecule is CCC(N)Cn1cccc(OCCCN(C)C)c1=O. The van der Waals surface area contributed by atoms with Gasteiger partial charge in [-0.2, -0.15) is 0 Å². The van der Waals surface area contributed by atoms with Crippen LogP contribution in [-0.2, 0) is 6.54 Å². The minimum absolute atomic E-state index is 0.00157. The molecule has 1 rings (SSSR count). The lowest BCUT2D eigenvalue weighted by molar-refractivity contribution is 0.276. The van der Waals surface area contributed by atoms with E-state index in [1.54, 1.807) is 16.8 Å². The highest BCUT2D eigenvalue weighted by Crippen LogP contribution is 2.03. The van der Waals surface area contributed by atoms with E-state index in [0.717, 1.165) is 19.4 Å². The van der Waals surface area contributed by atoms with Crippen molar-refractivity contribution in [3.63, 3.8) is 0 Å². The lowest BCUT2D eigenvalue weighted by Gasteiger charge is -2.13. The Kier molecular flexibility index (Phi) is 6.59. The number of aromatic nitrogens is 1. The van der Waals surface area contributed by atoms with Gasteiger partial charge in [-0.1, -0.05) is 6.92 Å². The van der Waals surface area contributed by atoms with Crippen molar-refractivity contribution in [3.05, 3.63) is 28.7 Å². The van der Waals surface area contributed by atoms with E-state index in [2.05, 4.69) is 4.90 Å². The van der Waals surface area contributed by atoms with Crippen molar-refractivity contribution in [2.24, 2.45) is 5.73 Å². The zero-order valence-electron chi connectivity index (χ0n) is 12.1. The molecule has 0 spiro atoms. The summed E-state index contributed by atoms with van der Waals surface area (Å²) >= 11 is 0. The van der Waals surface area contributed by atoms with Crippen LogP contribution in [0.15, 0.2) is 23.1 Å². The molecule has 0 aliphatic heterocycles. The molecule has 0 saturated carbocycles. The van der Waals surface area contributed by atoms with E-state index < -0.39 is 0 Å². The number of pyridine rings is 1. The summed E-state index contributed by atoms with van der Waals surface area (Å²) in [5, 5.41) is 0. The average Bonchev–Trinajstić information content (AvgIpc) is 2.38. The van der Waals surface area contributed by atoms with E-state index in [1.807, 2.05) is 27.1 Å². The van der Waals surface area contributed by atoms with Gasteiger partial charge in [0.2, 0.25) is 0 Å². The molecule has 5 nitrogen and oxygen atoms in total. The van der Waals surface area contributed by atoms with Gasteiger partial charge < -0.3 is 19.9 Å². The molecule has 1 aromatic heterocycles. The van der Waals surface area contributed by atoms with Crippen molar-refractivity contribution in [2.45, 2.75) is 32.4 Å². The van der Waals surface area contributed by atoms with Crippen LogP contribution in [0.25, 0.3) is 0 Å². The van der Waals surface area contributed by atoms with Gasteiger partial charge in [0.1, 0.15) is 0 Å². The number of rotatable bonds is 8. The first-order chi connectivity index (χ1) is 9.04. The molecule has 1 heterocycles. The number of ether oxygens (including phenoxy) is 1. The Morgan fingerprint density at radius 3 is 2.84 bits per heavy atom. The highest BCUT2D eigenvalue weighted by Gasteiger charge is 2.07. The first-order valence-electron chi connectivity index (χ1n) is 6.77. The van der Waals surface area contributed by atoms with E-state index in [-0.39, 0.29) is 11.6 Å². The first-order valence-corrected chi connectivity index (χ1v) is 6.77. The van der Waals surface area contributed by atoms with Crippen LogP contribution in [0.3, 0.4) is 0 Å². The maximum Gasteiger partial charge on any atom is 0.292 e. The summed E-state index contributed by atoms with van der Waals surface area (Å²) in [6.45, 7) is 4.04. The van der Waals surface area contributed by atoms with Crippen molar-refractivity contribution in [3.8, 4) is 5.75 Å². The molecular weight excluding hydrogens is 242 g/mol. The van der Waals surface area contributed by atoms with Gasteiger partial charge in [-0.3, -0.25) is 4.79 Å². The Morgan fingerprint density at radius 2 is 2.21 bits per heavy atom. The van der Waals surface area contributed by atoms with Gasteiger partial charge in [0.25, 0.3) is 5.56 Å². The molecular formula is C14H25N3O2. The fourth-order valence-electron chi connectivity index (χ4n) is 1.71. The fraction of sp³-hybridized carbons (Fsp3) is 0.643. The summed E-state index contributed by atoms with van der Waals surface area (Å²) in [6.07, 6.45) is 3.50.